The van der Waals surface area contributed by atoms with E-state index in [9.17, 15) is 0 Å². The van der Waals surface area contributed by atoms with Crippen molar-refractivity contribution >= 4 is 16.5 Å². The summed E-state index contributed by atoms with van der Waals surface area (Å²) in [6, 6.07) is 13.9. The summed E-state index contributed by atoms with van der Waals surface area (Å²) in [6.45, 7) is 0. The van der Waals surface area contributed by atoms with Crippen LogP contribution >= 0.6 is 0 Å². The fraction of sp³-hybridized carbons (Fsp3) is 0.0833. The van der Waals surface area contributed by atoms with E-state index in [1.807, 2.05) is 43.4 Å². The summed E-state index contributed by atoms with van der Waals surface area (Å²) in [6.07, 6.45) is 0. The number of fused-ring (bicyclic) bond motifs is 1. The minimum atomic E-state index is 0.715. The van der Waals surface area contributed by atoms with Crippen molar-refractivity contribution in [2.75, 3.05) is 12.4 Å². The van der Waals surface area contributed by atoms with Gasteiger partial charge in [0.25, 0.3) is 0 Å². The van der Waals surface area contributed by atoms with Crippen molar-refractivity contribution in [1.82, 2.24) is 0 Å². The molecule has 0 fully saturated rings. The van der Waals surface area contributed by atoms with E-state index in [4.69, 9.17) is 5.26 Å². The molecule has 0 heterocycles. The Morgan fingerprint density at radius 2 is 1.86 bits per heavy atom. The molecule has 0 amide bonds. The average Bonchev–Trinajstić information content (AvgIpc) is 2.27. The molecule has 0 radical (unpaired) electrons. The first-order valence-corrected chi connectivity index (χ1v) is 4.46. The van der Waals surface area contributed by atoms with E-state index in [0.29, 0.717) is 5.56 Å². The number of hydrogen-bond acceptors (Lipinski definition) is 2. The van der Waals surface area contributed by atoms with Crippen LogP contribution in [0, 0.1) is 11.3 Å². The van der Waals surface area contributed by atoms with Crippen LogP contribution in [0.1, 0.15) is 5.56 Å². The third-order valence-corrected chi connectivity index (χ3v) is 2.29. The normalized spacial score (nSPS) is 9.71. The molecule has 0 unspecified atom stereocenters. The second-order valence-electron chi connectivity index (χ2n) is 3.07. The predicted octanol–water partition coefficient (Wildman–Crippen LogP) is 2.75. The maximum Gasteiger partial charge on any atom is 0.0998 e. The topological polar surface area (TPSA) is 35.8 Å². The molecule has 0 aromatic heterocycles. The number of nitrogens with one attached hydrogen (secondary N) is 1. The minimum Gasteiger partial charge on any atom is -0.388 e. The van der Waals surface area contributed by atoms with Gasteiger partial charge in [-0.2, -0.15) is 5.26 Å². The maximum absolute atomic E-state index is 8.98. The van der Waals surface area contributed by atoms with Crippen LogP contribution in [0.4, 0.5) is 5.69 Å². The molecule has 0 aliphatic heterocycles. The Bertz CT molecular complexity index is 504. The second kappa shape index (κ2) is 3.39. The van der Waals surface area contributed by atoms with E-state index in [-0.39, 0.29) is 0 Å². The van der Waals surface area contributed by atoms with Crippen molar-refractivity contribution < 1.29 is 0 Å². The predicted molar refractivity (Wildman–Crippen MR) is 58.2 cm³/mol. The summed E-state index contributed by atoms with van der Waals surface area (Å²) in [4.78, 5) is 0. The first-order chi connectivity index (χ1) is 6.86. The number of nitriles is 1. The Hall–Kier alpha value is -2.01. The number of rotatable bonds is 1. The van der Waals surface area contributed by atoms with Crippen LogP contribution in [0.25, 0.3) is 10.8 Å². The Labute approximate surface area is 82.8 Å². The van der Waals surface area contributed by atoms with Crippen molar-refractivity contribution in [2.24, 2.45) is 0 Å². The van der Waals surface area contributed by atoms with E-state index in [1.165, 1.54) is 0 Å². The van der Waals surface area contributed by atoms with E-state index in [0.717, 1.165) is 16.5 Å². The summed E-state index contributed by atoms with van der Waals surface area (Å²) in [5, 5.41) is 14.2. The zero-order valence-electron chi connectivity index (χ0n) is 7.91. The van der Waals surface area contributed by atoms with E-state index >= 15 is 0 Å². The van der Waals surface area contributed by atoms with E-state index in [1.54, 1.807) is 0 Å². The molecular weight excluding hydrogens is 172 g/mol. The van der Waals surface area contributed by atoms with Crippen LogP contribution in [0.3, 0.4) is 0 Å². The highest BCUT2D eigenvalue weighted by atomic mass is 14.8. The second-order valence-corrected chi connectivity index (χ2v) is 3.07. The van der Waals surface area contributed by atoms with E-state index < -0.39 is 0 Å². The molecule has 2 aromatic rings. The fourth-order valence-corrected chi connectivity index (χ4v) is 1.64. The molecule has 0 saturated heterocycles. The molecule has 2 rings (SSSR count). The third-order valence-electron chi connectivity index (χ3n) is 2.29. The minimum absolute atomic E-state index is 0.715. The van der Waals surface area contributed by atoms with Gasteiger partial charge < -0.3 is 5.32 Å². The van der Waals surface area contributed by atoms with Crippen molar-refractivity contribution in [2.45, 2.75) is 0 Å². The van der Waals surface area contributed by atoms with Gasteiger partial charge in [0.05, 0.1) is 11.6 Å². The standard InChI is InChI=1S/C12H10N2/c1-14-11-7-3-5-9-4-2-6-10(8-13)12(9)11/h2-7,14H,1H3. The maximum atomic E-state index is 8.98. The molecule has 0 bridgehead atoms. The van der Waals surface area contributed by atoms with Gasteiger partial charge >= 0.3 is 0 Å². The molecule has 0 atom stereocenters. The van der Waals surface area contributed by atoms with Crippen LogP contribution in [0.15, 0.2) is 36.4 Å². The van der Waals surface area contributed by atoms with Crippen molar-refractivity contribution in [3.8, 4) is 6.07 Å². The lowest BCUT2D eigenvalue weighted by molar-refractivity contribution is 1.49. The lowest BCUT2D eigenvalue weighted by Gasteiger charge is -2.06. The number of benzene rings is 2. The quantitative estimate of drug-likeness (QED) is 0.736. The Morgan fingerprint density at radius 1 is 1.14 bits per heavy atom. The smallest absolute Gasteiger partial charge is 0.0998 e. The summed E-state index contributed by atoms with van der Waals surface area (Å²) in [7, 11) is 1.86. The molecule has 0 saturated carbocycles. The van der Waals surface area contributed by atoms with Gasteiger partial charge in [0.15, 0.2) is 0 Å². The average molecular weight is 182 g/mol. The molecule has 2 nitrogen and oxygen atoms in total. The molecule has 14 heavy (non-hydrogen) atoms. The van der Waals surface area contributed by atoms with Crippen molar-refractivity contribution in [3.63, 3.8) is 0 Å². The molecule has 1 N–H and O–H groups in total. The lowest BCUT2D eigenvalue weighted by Crippen LogP contribution is -1.91. The Balaban J connectivity index is 2.90. The fourth-order valence-electron chi connectivity index (χ4n) is 1.64. The molecule has 2 aromatic carbocycles. The SMILES string of the molecule is CNc1cccc2cccc(C#N)c12. The van der Waals surface area contributed by atoms with Gasteiger partial charge in [0, 0.05) is 18.1 Å². The molecule has 0 aliphatic carbocycles. The highest BCUT2D eigenvalue weighted by molar-refractivity contribution is 5.98. The summed E-state index contributed by atoms with van der Waals surface area (Å²) < 4.78 is 0. The lowest BCUT2D eigenvalue weighted by atomic mass is 10.0. The van der Waals surface area contributed by atoms with Crippen LogP contribution in [0.2, 0.25) is 0 Å². The van der Waals surface area contributed by atoms with Gasteiger partial charge in [0.2, 0.25) is 0 Å². The van der Waals surface area contributed by atoms with Gasteiger partial charge in [-0.05, 0) is 17.5 Å². The summed E-state index contributed by atoms with van der Waals surface area (Å²) >= 11 is 0. The number of anilines is 1. The van der Waals surface area contributed by atoms with Gasteiger partial charge in [-0.1, -0.05) is 24.3 Å². The molecule has 0 spiro atoms. The molecule has 0 aliphatic rings. The number of nitrogens with zero attached hydrogens (tertiary/aromatic N) is 1. The largest absolute Gasteiger partial charge is 0.388 e. The number of hydrogen-bond donors (Lipinski definition) is 1. The Morgan fingerprint density at radius 3 is 2.50 bits per heavy atom. The molecule has 68 valence electrons. The molecular formula is C12H10N2. The first-order valence-electron chi connectivity index (χ1n) is 4.46. The van der Waals surface area contributed by atoms with Crippen LogP contribution < -0.4 is 5.32 Å². The highest BCUT2D eigenvalue weighted by Gasteiger charge is 2.03. The highest BCUT2D eigenvalue weighted by Crippen LogP contribution is 2.25. The monoisotopic (exact) mass is 182 g/mol. The zero-order chi connectivity index (χ0) is 9.97. The van der Waals surface area contributed by atoms with Gasteiger partial charge in [0.1, 0.15) is 0 Å². The third kappa shape index (κ3) is 1.20. The van der Waals surface area contributed by atoms with Crippen LogP contribution in [0.5, 0.6) is 0 Å². The van der Waals surface area contributed by atoms with Gasteiger partial charge in [-0.15, -0.1) is 0 Å². The van der Waals surface area contributed by atoms with Gasteiger partial charge in [-0.3, -0.25) is 0 Å². The summed E-state index contributed by atoms with van der Waals surface area (Å²) in [5.41, 5.74) is 1.71. The van der Waals surface area contributed by atoms with Crippen molar-refractivity contribution in [1.29, 1.82) is 5.26 Å². The zero-order valence-corrected chi connectivity index (χ0v) is 7.91. The molecule has 2 heteroatoms. The van der Waals surface area contributed by atoms with Crippen LogP contribution in [-0.2, 0) is 0 Å². The van der Waals surface area contributed by atoms with E-state index in [2.05, 4.69) is 11.4 Å². The van der Waals surface area contributed by atoms with Crippen LogP contribution in [-0.4, -0.2) is 7.05 Å². The summed E-state index contributed by atoms with van der Waals surface area (Å²) in [5.74, 6) is 0. The van der Waals surface area contributed by atoms with Gasteiger partial charge in [-0.25, -0.2) is 0 Å². The first kappa shape index (κ1) is 8.58. The Kier molecular flexibility index (Phi) is 2.08. The van der Waals surface area contributed by atoms with Crippen molar-refractivity contribution in [3.05, 3.63) is 42.0 Å².